The van der Waals surface area contributed by atoms with Crippen molar-refractivity contribution in [1.82, 2.24) is 10.3 Å². The van der Waals surface area contributed by atoms with Crippen LogP contribution in [0.25, 0.3) is 0 Å². The molecule has 1 saturated heterocycles. The van der Waals surface area contributed by atoms with E-state index < -0.39 is 4.92 Å². The third-order valence-corrected chi connectivity index (χ3v) is 5.91. The number of rotatable bonds is 8. The summed E-state index contributed by atoms with van der Waals surface area (Å²) in [6, 6.07) is 8.44. The smallest absolute Gasteiger partial charge is 0.270 e. The van der Waals surface area contributed by atoms with Gasteiger partial charge in [0.25, 0.3) is 11.6 Å². The summed E-state index contributed by atoms with van der Waals surface area (Å²) in [7, 11) is 0. The van der Waals surface area contributed by atoms with Gasteiger partial charge < -0.3 is 15.1 Å². The molecule has 8 nitrogen and oxygen atoms in total. The van der Waals surface area contributed by atoms with Crippen LogP contribution in [-0.4, -0.2) is 42.0 Å². The zero-order chi connectivity index (χ0) is 22.4. The number of non-ortho nitro benzene ring substituents is 1. The zero-order valence-electron chi connectivity index (χ0n) is 18.5. The third kappa shape index (κ3) is 5.51. The molecule has 8 heteroatoms. The number of anilines is 2. The van der Waals surface area contributed by atoms with Gasteiger partial charge in [-0.1, -0.05) is 13.0 Å². The van der Waals surface area contributed by atoms with E-state index >= 15 is 0 Å². The van der Waals surface area contributed by atoms with Crippen LogP contribution < -0.4 is 15.1 Å². The Kier molecular flexibility index (Phi) is 7.44. The largest absolute Gasteiger partial charge is 0.371 e. The van der Waals surface area contributed by atoms with Crippen molar-refractivity contribution in [2.45, 2.75) is 40.2 Å². The van der Waals surface area contributed by atoms with Crippen molar-refractivity contribution in [1.29, 1.82) is 0 Å². The minimum absolute atomic E-state index is 0.0791. The Balaban J connectivity index is 1.75. The molecule has 2 heterocycles. The summed E-state index contributed by atoms with van der Waals surface area (Å²) in [5.41, 5.74) is 1.90. The highest BCUT2D eigenvalue weighted by Crippen LogP contribution is 2.29. The molecule has 0 bridgehead atoms. The molecule has 1 N–H and O–H groups in total. The van der Waals surface area contributed by atoms with Crippen molar-refractivity contribution < 1.29 is 9.72 Å². The Bertz CT molecular complexity index is 904. The standard InChI is InChI=1S/C23H31N5O3/c1-4-26(5-2)22-9-6-18(15-24-22)16-25-23(29)20-14-19(28(30)31)7-8-21(20)27-12-10-17(3)11-13-27/h6-9,14-15,17H,4-5,10-13,16H2,1-3H3,(H,25,29). The van der Waals surface area contributed by atoms with E-state index in [9.17, 15) is 14.9 Å². The van der Waals surface area contributed by atoms with Gasteiger partial charge in [-0.05, 0) is 50.3 Å². The van der Waals surface area contributed by atoms with E-state index in [2.05, 4.69) is 40.9 Å². The summed E-state index contributed by atoms with van der Waals surface area (Å²) in [5, 5.41) is 14.2. The van der Waals surface area contributed by atoms with Gasteiger partial charge in [-0.3, -0.25) is 14.9 Å². The molecule has 0 aliphatic carbocycles. The van der Waals surface area contributed by atoms with Gasteiger partial charge in [0.1, 0.15) is 5.82 Å². The molecule has 0 saturated carbocycles. The van der Waals surface area contributed by atoms with E-state index in [1.54, 1.807) is 12.3 Å². The summed E-state index contributed by atoms with van der Waals surface area (Å²) in [5.74, 6) is 1.24. The van der Waals surface area contributed by atoms with Crippen LogP contribution in [-0.2, 0) is 6.54 Å². The van der Waals surface area contributed by atoms with E-state index in [1.165, 1.54) is 12.1 Å². The number of pyridine rings is 1. The number of hydrogen-bond acceptors (Lipinski definition) is 6. The van der Waals surface area contributed by atoms with Crippen LogP contribution in [0, 0.1) is 16.0 Å². The fraction of sp³-hybridized carbons (Fsp3) is 0.478. The number of nitro groups is 1. The molecule has 0 radical (unpaired) electrons. The average molecular weight is 426 g/mol. The van der Waals surface area contributed by atoms with E-state index in [4.69, 9.17) is 0 Å². The van der Waals surface area contributed by atoms with Crippen LogP contribution in [0.1, 0.15) is 49.5 Å². The topological polar surface area (TPSA) is 91.6 Å². The molecule has 0 atom stereocenters. The summed E-state index contributed by atoms with van der Waals surface area (Å²) in [6.45, 7) is 10.1. The molecule has 1 aliphatic heterocycles. The first-order valence-corrected chi connectivity index (χ1v) is 10.9. The second-order valence-electron chi connectivity index (χ2n) is 8.01. The van der Waals surface area contributed by atoms with Crippen molar-refractivity contribution in [3.05, 3.63) is 57.8 Å². The zero-order valence-corrected chi connectivity index (χ0v) is 18.5. The van der Waals surface area contributed by atoms with Crippen LogP contribution in [0.3, 0.4) is 0 Å². The highest BCUT2D eigenvalue weighted by molar-refractivity contribution is 6.00. The number of hydrogen-bond donors (Lipinski definition) is 1. The average Bonchev–Trinajstić information content (AvgIpc) is 2.79. The van der Waals surface area contributed by atoms with Crippen molar-refractivity contribution >= 4 is 23.1 Å². The van der Waals surface area contributed by atoms with Crippen LogP contribution >= 0.6 is 0 Å². The van der Waals surface area contributed by atoms with Crippen LogP contribution in [0.4, 0.5) is 17.2 Å². The highest BCUT2D eigenvalue weighted by atomic mass is 16.6. The maximum absolute atomic E-state index is 13.0. The summed E-state index contributed by atoms with van der Waals surface area (Å²) in [6.07, 6.45) is 3.85. The lowest BCUT2D eigenvalue weighted by Crippen LogP contribution is -2.35. The number of carbonyl (C=O) groups is 1. The van der Waals surface area contributed by atoms with E-state index in [0.29, 0.717) is 18.0 Å². The van der Waals surface area contributed by atoms with E-state index in [-0.39, 0.29) is 11.6 Å². The van der Waals surface area contributed by atoms with Crippen molar-refractivity contribution in [2.75, 3.05) is 36.0 Å². The van der Waals surface area contributed by atoms with Crippen molar-refractivity contribution in [3.63, 3.8) is 0 Å². The first-order chi connectivity index (χ1) is 14.9. The predicted octanol–water partition coefficient (Wildman–Crippen LogP) is 4.00. The van der Waals surface area contributed by atoms with Gasteiger partial charge in [-0.25, -0.2) is 4.98 Å². The first kappa shape index (κ1) is 22.5. The molecule has 2 aromatic rings. The number of nitrogens with one attached hydrogen (secondary N) is 1. The van der Waals surface area contributed by atoms with Gasteiger partial charge in [0.2, 0.25) is 0 Å². The molecule has 1 aliphatic rings. The lowest BCUT2D eigenvalue weighted by atomic mass is 9.98. The molecule has 31 heavy (non-hydrogen) atoms. The molecule has 0 spiro atoms. The summed E-state index contributed by atoms with van der Waals surface area (Å²) in [4.78, 5) is 32.6. The number of carbonyl (C=O) groups excluding carboxylic acids is 1. The lowest BCUT2D eigenvalue weighted by molar-refractivity contribution is -0.384. The van der Waals surface area contributed by atoms with Crippen molar-refractivity contribution in [3.8, 4) is 0 Å². The van der Waals surface area contributed by atoms with Crippen LogP contribution in [0.15, 0.2) is 36.5 Å². The van der Waals surface area contributed by atoms with Crippen molar-refractivity contribution in [2.24, 2.45) is 5.92 Å². The first-order valence-electron chi connectivity index (χ1n) is 10.9. The van der Waals surface area contributed by atoms with Crippen LogP contribution in [0.2, 0.25) is 0 Å². The number of nitro benzene ring substituents is 1. The maximum Gasteiger partial charge on any atom is 0.270 e. The van der Waals surface area contributed by atoms with Gasteiger partial charge >= 0.3 is 0 Å². The lowest BCUT2D eigenvalue weighted by Gasteiger charge is -2.33. The van der Waals surface area contributed by atoms with Gasteiger partial charge in [0.15, 0.2) is 0 Å². The van der Waals surface area contributed by atoms with E-state index in [1.807, 2.05) is 12.1 Å². The van der Waals surface area contributed by atoms with Gasteiger partial charge in [0, 0.05) is 51.1 Å². The Morgan fingerprint density at radius 2 is 1.94 bits per heavy atom. The van der Waals surface area contributed by atoms with Gasteiger partial charge in [0.05, 0.1) is 16.2 Å². The monoisotopic (exact) mass is 425 g/mol. The fourth-order valence-corrected chi connectivity index (χ4v) is 3.88. The molecule has 166 valence electrons. The van der Waals surface area contributed by atoms with Gasteiger partial charge in [-0.2, -0.15) is 0 Å². The predicted molar refractivity (Wildman–Crippen MR) is 123 cm³/mol. The molecule has 1 aromatic carbocycles. The molecule has 1 aromatic heterocycles. The Hall–Kier alpha value is -3.16. The molecular formula is C23H31N5O3. The minimum atomic E-state index is -0.464. The molecule has 3 rings (SSSR count). The second kappa shape index (κ2) is 10.2. The molecular weight excluding hydrogens is 394 g/mol. The number of piperidine rings is 1. The Morgan fingerprint density at radius 1 is 1.23 bits per heavy atom. The third-order valence-electron chi connectivity index (χ3n) is 5.91. The quantitative estimate of drug-likeness (QED) is 0.508. The Morgan fingerprint density at radius 3 is 2.52 bits per heavy atom. The van der Waals surface area contributed by atoms with Crippen LogP contribution in [0.5, 0.6) is 0 Å². The minimum Gasteiger partial charge on any atom is -0.371 e. The molecule has 1 amide bonds. The number of nitrogens with zero attached hydrogens (tertiary/aromatic N) is 4. The summed E-state index contributed by atoms with van der Waals surface area (Å²) < 4.78 is 0. The number of benzene rings is 1. The summed E-state index contributed by atoms with van der Waals surface area (Å²) >= 11 is 0. The van der Waals surface area contributed by atoms with E-state index in [0.717, 1.165) is 56.1 Å². The SMILES string of the molecule is CCN(CC)c1ccc(CNC(=O)c2cc([N+](=O)[O-])ccc2N2CCC(C)CC2)cn1. The van der Waals surface area contributed by atoms with Gasteiger partial charge in [-0.15, -0.1) is 0 Å². The Labute approximate surface area is 183 Å². The number of aromatic nitrogens is 1. The molecule has 1 fully saturated rings. The normalized spacial score (nSPS) is 14.4. The molecule has 0 unspecified atom stereocenters. The number of amides is 1. The highest BCUT2D eigenvalue weighted by Gasteiger charge is 2.23. The maximum atomic E-state index is 13.0. The fourth-order valence-electron chi connectivity index (χ4n) is 3.88. The second-order valence-corrected chi connectivity index (χ2v) is 8.01.